The predicted molar refractivity (Wildman–Crippen MR) is 60.0 cm³/mol. The first-order valence-electron chi connectivity index (χ1n) is 6.08. The maximum Gasteiger partial charge on any atom is 0.0666 e. The van der Waals surface area contributed by atoms with Gasteiger partial charge >= 0.3 is 0 Å². The molecular formula is C12H21N3. The molecule has 4 atom stereocenters. The summed E-state index contributed by atoms with van der Waals surface area (Å²) in [4.78, 5) is 2.44. The van der Waals surface area contributed by atoms with Crippen LogP contribution in [0.25, 0.3) is 0 Å². The average Bonchev–Trinajstić information content (AvgIpc) is 2.62. The van der Waals surface area contributed by atoms with E-state index < -0.39 is 0 Å². The lowest BCUT2D eigenvalue weighted by Crippen LogP contribution is -2.38. The largest absolute Gasteiger partial charge is 0.327 e. The SMILES string of the molecule is CC(C#N)CN1CC2CCCC(N)C2C1. The van der Waals surface area contributed by atoms with Crippen LogP contribution in [0.3, 0.4) is 0 Å². The van der Waals surface area contributed by atoms with Gasteiger partial charge < -0.3 is 10.6 Å². The van der Waals surface area contributed by atoms with Crippen LogP contribution in [0.1, 0.15) is 26.2 Å². The summed E-state index contributed by atoms with van der Waals surface area (Å²) in [5, 5.41) is 8.80. The van der Waals surface area contributed by atoms with Crippen LogP contribution in [0, 0.1) is 29.1 Å². The van der Waals surface area contributed by atoms with Crippen molar-refractivity contribution < 1.29 is 0 Å². The van der Waals surface area contributed by atoms with E-state index in [-0.39, 0.29) is 5.92 Å². The van der Waals surface area contributed by atoms with Crippen LogP contribution in [-0.2, 0) is 0 Å². The van der Waals surface area contributed by atoms with E-state index in [2.05, 4.69) is 11.0 Å². The Morgan fingerprint density at radius 2 is 2.27 bits per heavy atom. The van der Waals surface area contributed by atoms with E-state index in [9.17, 15) is 0 Å². The molecule has 3 nitrogen and oxygen atoms in total. The Morgan fingerprint density at radius 3 is 2.93 bits per heavy atom. The fourth-order valence-electron chi connectivity index (χ4n) is 3.19. The molecule has 15 heavy (non-hydrogen) atoms. The Labute approximate surface area is 92.2 Å². The zero-order chi connectivity index (χ0) is 10.8. The van der Waals surface area contributed by atoms with Gasteiger partial charge in [-0.05, 0) is 31.6 Å². The summed E-state index contributed by atoms with van der Waals surface area (Å²) in [6.07, 6.45) is 3.84. The van der Waals surface area contributed by atoms with E-state index in [1.54, 1.807) is 0 Å². The first kappa shape index (κ1) is 10.9. The molecule has 0 spiro atoms. The quantitative estimate of drug-likeness (QED) is 0.740. The highest BCUT2D eigenvalue weighted by molar-refractivity contribution is 4.94. The third-order valence-electron chi connectivity index (χ3n) is 3.98. The lowest BCUT2D eigenvalue weighted by molar-refractivity contribution is 0.259. The standard InChI is InChI=1S/C12H21N3/c1-9(5-13)6-15-7-10-3-2-4-12(14)11(10)8-15/h9-12H,2-4,6-8,14H2,1H3. The highest BCUT2D eigenvalue weighted by Gasteiger charge is 2.38. The van der Waals surface area contributed by atoms with Crippen molar-refractivity contribution in [2.45, 2.75) is 32.2 Å². The van der Waals surface area contributed by atoms with Gasteiger partial charge in [0.15, 0.2) is 0 Å². The summed E-state index contributed by atoms with van der Waals surface area (Å²) in [5.74, 6) is 1.66. The van der Waals surface area contributed by atoms with Crippen molar-refractivity contribution in [3.05, 3.63) is 0 Å². The molecule has 3 heteroatoms. The fraction of sp³-hybridized carbons (Fsp3) is 0.917. The molecule has 4 unspecified atom stereocenters. The highest BCUT2D eigenvalue weighted by Crippen LogP contribution is 2.35. The van der Waals surface area contributed by atoms with Crippen molar-refractivity contribution in [1.29, 1.82) is 5.26 Å². The van der Waals surface area contributed by atoms with E-state index in [0.717, 1.165) is 19.0 Å². The first-order valence-corrected chi connectivity index (χ1v) is 6.08. The fourth-order valence-corrected chi connectivity index (χ4v) is 3.19. The molecule has 1 aliphatic carbocycles. The molecule has 84 valence electrons. The monoisotopic (exact) mass is 207 g/mol. The molecule has 0 aromatic heterocycles. The summed E-state index contributed by atoms with van der Waals surface area (Å²) < 4.78 is 0. The van der Waals surface area contributed by atoms with E-state index >= 15 is 0 Å². The minimum absolute atomic E-state index is 0.154. The molecule has 0 aromatic rings. The average molecular weight is 207 g/mol. The maximum absolute atomic E-state index is 8.80. The maximum atomic E-state index is 8.80. The minimum Gasteiger partial charge on any atom is -0.327 e. The Morgan fingerprint density at radius 1 is 1.47 bits per heavy atom. The summed E-state index contributed by atoms with van der Waals surface area (Å²) in [6.45, 7) is 5.22. The molecule has 0 bridgehead atoms. The lowest BCUT2D eigenvalue weighted by Gasteiger charge is -2.29. The van der Waals surface area contributed by atoms with E-state index in [4.69, 9.17) is 11.0 Å². The number of rotatable bonds is 2. The molecular weight excluding hydrogens is 186 g/mol. The molecule has 1 saturated heterocycles. The normalized spacial score (nSPS) is 38.3. The summed E-state index contributed by atoms with van der Waals surface area (Å²) in [5.41, 5.74) is 6.15. The Kier molecular flexibility index (Phi) is 3.28. The molecule has 1 aliphatic heterocycles. The van der Waals surface area contributed by atoms with Crippen LogP contribution >= 0.6 is 0 Å². The molecule has 1 heterocycles. The highest BCUT2D eigenvalue weighted by atomic mass is 15.2. The molecule has 2 N–H and O–H groups in total. The van der Waals surface area contributed by atoms with Crippen LogP contribution in [0.15, 0.2) is 0 Å². The smallest absolute Gasteiger partial charge is 0.0666 e. The molecule has 2 aliphatic rings. The number of nitriles is 1. The Balaban J connectivity index is 1.90. The van der Waals surface area contributed by atoms with Gasteiger partial charge in [0.25, 0.3) is 0 Å². The second-order valence-corrected chi connectivity index (χ2v) is 5.27. The van der Waals surface area contributed by atoms with Crippen molar-refractivity contribution in [2.75, 3.05) is 19.6 Å². The zero-order valence-corrected chi connectivity index (χ0v) is 9.52. The van der Waals surface area contributed by atoms with E-state index in [0.29, 0.717) is 12.0 Å². The molecule has 1 saturated carbocycles. The minimum atomic E-state index is 0.154. The number of nitrogens with zero attached hydrogens (tertiary/aromatic N) is 2. The topological polar surface area (TPSA) is 53.0 Å². The second-order valence-electron chi connectivity index (χ2n) is 5.27. The molecule has 0 aromatic carbocycles. The van der Waals surface area contributed by atoms with Gasteiger partial charge in [-0.25, -0.2) is 0 Å². The number of nitrogens with two attached hydrogens (primary N) is 1. The summed E-state index contributed by atoms with van der Waals surface area (Å²) in [7, 11) is 0. The first-order chi connectivity index (χ1) is 7.20. The molecule has 2 rings (SSSR count). The van der Waals surface area contributed by atoms with Crippen molar-refractivity contribution in [1.82, 2.24) is 4.90 Å². The van der Waals surface area contributed by atoms with Gasteiger partial charge in [-0.2, -0.15) is 5.26 Å². The van der Waals surface area contributed by atoms with Gasteiger partial charge in [-0.1, -0.05) is 6.42 Å². The number of hydrogen-bond donors (Lipinski definition) is 1. The Hall–Kier alpha value is -0.590. The van der Waals surface area contributed by atoms with Crippen molar-refractivity contribution in [3.63, 3.8) is 0 Å². The summed E-state index contributed by atoms with van der Waals surface area (Å²) >= 11 is 0. The van der Waals surface area contributed by atoms with Gasteiger partial charge in [0.2, 0.25) is 0 Å². The third-order valence-corrected chi connectivity index (χ3v) is 3.98. The Bertz CT molecular complexity index is 258. The van der Waals surface area contributed by atoms with Crippen LogP contribution < -0.4 is 5.73 Å². The van der Waals surface area contributed by atoms with Gasteiger partial charge in [0, 0.05) is 25.7 Å². The van der Waals surface area contributed by atoms with Gasteiger partial charge in [-0.15, -0.1) is 0 Å². The summed E-state index contributed by atoms with van der Waals surface area (Å²) in [6, 6.07) is 2.72. The number of likely N-dealkylation sites (tertiary alicyclic amines) is 1. The van der Waals surface area contributed by atoms with Crippen LogP contribution in [0.4, 0.5) is 0 Å². The van der Waals surface area contributed by atoms with Gasteiger partial charge in [0.05, 0.1) is 12.0 Å². The molecule has 2 fully saturated rings. The van der Waals surface area contributed by atoms with Crippen molar-refractivity contribution in [3.8, 4) is 6.07 Å². The zero-order valence-electron chi connectivity index (χ0n) is 9.52. The van der Waals surface area contributed by atoms with Crippen LogP contribution in [-0.4, -0.2) is 30.6 Å². The van der Waals surface area contributed by atoms with Crippen molar-refractivity contribution in [2.24, 2.45) is 23.5 Å². The number of fused-ring (bicyclic) bond motifs is 1. The lowest BCUT2D eigenvalue weighted by atomic mass is 9.78. The van der Waals surface area contributed by atoms with Crippen LogP contribution in [0.2, 0.25) is 0 Å². The predicted octanol–water partition coefficient (Wildman–Crippen LogP) is 1.21. The second kappa shape index (κ2) is 4.51. The van der Waals surface area contributed by atoms with E-state index in [1.807, 2.05) is 6.92 Å². The number of hydrogen-bond acceptors (Lipinski definition) is 3. The van der Waals surface area contributed by atoms with Gasteiger partial charge in [0.1, 0.15) is 0 Å². The molecule has 0 amide bonds. The van der Waals surface area contributed by atoms with Gasteiger partial charge in [-0.3, -0.25) is 0 Å². The third kappa shape index (κ3) is 2.32. The van der Waals surface area contributed by atoms with E-state index in [1.165, 1.54) is 25.8 Å². The molecule has 0 radical (unpaired) electrons. The van der Waals surface area contributed by atoms with Crippen molar-refractivity contribution >= 4 is 0 Å². The van der Waals surface area contributed by atoms with Crippen LogP contribution in [0.5, 0.6) is 0 Å².